The van der Waals surface area contributed by atoms with Crippen LogP contribution in [-0.4, -0.2) is 29.3 Å². The van der Waals surface area contributed by atoms with E-state index in [0.717, 1.165) is 13.0 Å². The summed E-state index contributed by atoms with van der Waals surface area (Å²) in [5.74, 6) is 0.517. The molecule has 22 heavy (non-hydrogen) atoms. The van der Waals surface area contributed by atoms with Gasteiger partial charge in [-0.2, -0.15) is 0 Å². The number of hydrogen-bond donors (Lipinski definition) is 0. The molecule has 0 unspecified atom stereocenters. The van der Waals surface area contributed by atoms with Gasteiger partial charge in [0.05, 0.1) is 6.10 Å². The maximum Gasteiger partial charge on any atom is 0.192 e. The molecule has 1 aliphatic carbocycles. The lowest BCUT2D eigenvalue weighted by atomic mass is 10.1. The first kappa shape index (κ1) is 20.1. The molecule has 0 saturated heterocycles. The van der Waals surface area contributed by atoms with Gasteiger partial charge in [0.2, 0.25) is 0 Å². The predicted molar refractivity (Wildman–Crippen MR) is 102 cm³/mol. The van der Waals surface area contributed by atoms with Crippen molar-refractivity contribution >= 4 is 16.6 Å². The van der Waals surface area contributed by atoms with Crippen molar-refractivity contribution in [3.63, 3.8) is 0 Å². The monoisotopic (exact) mass is 342 g/mol. The van der Waals surface area contributed by atoms with Gasteiger partial charge in [-0.1, -0.05) is 53.7 Å². The molecular weight excluding hydrogens is 304 g/mol. The second-order valence-corrected chi connectivity index (χ2v) is 19.4. The van der Waals surface area contributed by atoms with E-state index in [1.165, 1.54) is 0 Å². The zero-order valence-corrected chi connectivity index (χ0v) is 18.5. The second kappa shape index (κ2) is 6.54. The van der Waals surface area contributed by atoms with Crippen LogP contribution in [-0.2, 0) is 8.85 Å². The van der Waals surface area contributed by atoms with Crippen LogP contribution in [0.15, 0.2) is 12.2 Å². The second-order valence-electron chi connectivity index (χ2n) is 9.87. The normalized spacial score (nSPS) is 24.1. The third kappa shape index (κ3) is 5.05. The van der Waals surface area contributed by atoms with Gasteiger partial charge in [0.15, 0.2) is 16.6 Å². The molecule has 0 bridgehead atoms. The molecule has 0 fully saturated rings. The van der Waals surface area contributed by atoms with E-state index in [-0.39, 0.29) is 16.2 Å². The summed E-state index contributed by atoms with van der Waals surface area (Å²) in [5.41, 5.74) is 0. The van der Waals surface area contributed by atoms with E-state index in [0.29, 0.717) is 5.92 Å². The minimum Gasteiger partial charge on any atom is -0.416 e. The zero-order chi connectivity index (χ0) is 17.4. The predicted octanol–water partition coefficient (Wildman–Crippen LogP) is 5.97. The van der Waals surface area contributed by atoms with E-state index >= 15 is 0 Å². The maximum atomic E-state index is 6.50. The number of hydrogen-bond acceptors (Lipinski definition) is 2. The Kier molecular flexibility index (Phi) is 5.98. The van der Waals surface area contributed by atoms with Crippen molar-refractivity contribution in [2.24, 2.45) is 5.92 Å². The molecule has 0 amide bonds. The fraction of sp³-hybridized carbons (Fsp3) is 0.889. The standard InChI is InChI=1S/C18H38O2Si2/c1-17(2,3)21(7,8)19-14-15-11-12-16(13-15)20-22(9,10)18(4,5)6/h11-12,15-16H,13-14H2,1-10H3/t15-,16+/m0/s1. The van der Waals surface area contributed by atoms with Gasteiger partial charge >= 0.3 is 0 Å². The molecule has 2 atom stereocenters. The third-order valence-electron chi connectivity index (χ3n) is 5.85. The minimum atomic E-state index is -1.67. The van der Waals surface area contributed by atoms with E-state index < -0.39 is 16.6 Å². The van der Waals surface area contributed by atoms with Crippen LogP contribution in [0, 0.1) is 5.92 Å². The van der Waals surface area contributed by atoms with Crippen LogP contribution in [0.25, 0.3) is 0 Å². The molecule has 0 aromatic heterocycles. The van der Waals surface area contributed by atoms with E-state index in [1.807, 2.05) is 0 Å². The topological polar surface area (TPSA) is 18.5 Å². The first-order chi connectivity index (χ1) is 9.66. The van der Waals surface area contributed by atoms with Gasteiger partial charge in [-0.15, -0.1) is 0 Å². The largest absolute Gasteiger partial charge is 0.416 e. The van der Waals surface area contributed by atoms with Crippen LogP contribution in [0.5, 0.6) is 0 Å². The fourth-order valence-electron chi connectivity index (χ4n) is 2.03. The quantitative estimate of drug-likeness (QED) is 0.452. The summed E-state index contributed by atoms with van der Waals surface area (Å²) >= 11 is 0. The van der Waals surface area contributed by atoms with Crippen molar-refractivity contribution in [2.45, 2.75) is 90.3 Å². The van der Waals surface area contributed by atoms with Gasteiger partial charge in [-0.25, -0.2) is 0 Å². The van der Waals surface area contributed by atoms with Crippen molar-refractivity contribution in [3.8, 4) is 0 Å². The van der Waals surface area contributed by atoms with Gasteiger partial charge in [0, 0.05) is 12.5 Å². The highest BCUT2D eigenvalue weighted by atomic mass is 28.4. The van der Waals surface area contributed by atoms with Crippen LogP contribution in [0.4, 0.5) is 0 Å². The smallest absolute Gasteiger partial charge is 0.192 e. The van der Waals surface area contributed by atoms with Gasteiger partial charge in [0.1, 0.15) is 0 Å². The van der Waals surface area contributed by atoms with Crippen molar-refractivity contribution in [3.05, 3.63) is 12.2 Å². The first-order valence-corrected chi connectivity index (χ1v) is 14.5. The van der Waals surface area contributed by atoms with Gasteiger partial charge < -0.3 is 8.85 Å². The molecule has 0 spiro atoms. The van der Waals surface area contributed by atoms with Gasteiger partial charge in [0.25, 0.3) is 0 Å². The molecule has 0 saturated carbocycles. The fourth-order valence-corrected chi connectivity index (χ4v) is 4.38. The molecule has 0 aromatic rings. The lowest BCUT2D eigenvalue weighted by Gasteiger charge is -2.38. The summed E-state index contributed by atoms with van der Waals surface area (Å²) in [6, 6.07) is 0. The Balaban J connectivity index is 2.50. The van der Waals surface area contributed by atoms with Crippen molar-refractivity contribution < 1.29 is 8.85 Å². The van der Waals surface area contributed by atoms with Crippen LogP contribution < -0.4 is 0 Å². The third-order valence-corrected chi connectivity index (χ3v) is 14.9. The lowest BCUT2D eigenvalue weighted by Crippen LogP contribution is -2.43. The molecule has 130 valence electrons. The summed E-state index contributed by atoms with van der Waals surface area (Å²) in [6.45, 7) is 24.0. The van der Waals surface area contributed by atoms with E-state index in [4.69, 9.17) is 8.85 Å². The van der Waals surface area contributed by atoms with E-state index in [1.54, 1.807) is 0 Å². The summed E-state index contributed by atoms with van der Waals surface area (Å²) in [7, 11) is -3.31. The average Bonchev–Trinajstić information content (AvgIpc) is 2.70. The van der Waals surface area contributed by atoms with Gasteiger partial charge in [-0.3, -0.25) is 0 Å². The summed E-state index contributed by atoms with van der Waals surface area (Å²) in [6.07, 6.45) is 5.94. The molecular formula is C18H38O2Si2. The molecule has 1 rings (SSSR count). The SMILES string of the molecule is CC(C)(C)[Si](C)(C)OC[C@H]1C=C[C@@H](O[Si](C)(C)C(C)(C)C)C1. The van der Waals surface area contributed by atoms with Crippen LogP contribution in [0.3, 0.4) is 0 Å². The van der Waals surface area contributed by atoms with Gasteiger partial charge in [-0.05, 0) is 42.7 Å². The molecule has 1 aliphatic rings. The molecule has 0 aromatic carbocycles. The summed E-state index contributed by atoms with van der Waals surface area (Å²) < 4.78 is 12.9. The Morgan fingerprint density at radius 3 is 1.82 bits per heavy atom. The Morgan fingerprint density at radius 2 is 1.36 bits per heavy atom. The zero-order valence-electron chi connectivity index (χ0n) is 16.5. The number of rotatable bonds is 5. The van der Waals surface area contributed by atoms with Crippen LogP contribution >= 0.6 is 0 Å². The van der Waals surface area contributed by atoms with Crippen molar-refractivity contribution in [1.82, 2.24) is 0 Å². The molecule has 0 heterocycles. The average molecular weight is 343 g/mol. The Morgan fingerprint density at radius 1 is 0.864 bits per heavy atom. The van der Waals surface area contributed by atoms with Crippen molar-refractivity contribution in [1.29, 1.82) is 0 Å². The van der Waals surface area contributed by atoms with Crippen LogP contribution in [0.1, 0.15) is 48.0 Å². The highest BCUT2D eigenvalue weighted by Crippen LogP contribution is 2.40. The highest BCUT2D eigenvalue weighted by Gasteiger charge is 2.41. The minimum absolute atomic E-state index is 0.274. The molecule has 4 heteroatoms. The van der Waals surface area contributed by atoms with E-state index in [2.05, 4.69) is 79.9 Å². The molecule has 0 radical (unpaired) electrons. The van der Waals surface area contributed by atoms with Crippen LogP contribution in [0.2, 0.25) is 36.3 Å². The Labute approximate surface area is 140 Å². The Bertz CT molecular complexity index is 400. The highest BCUT2D eigenvalue weighted by molar-refractivity contribution is 6.74. The Hall–Kier alpha value is 0.0938. The molecule has 0 N–H and O–H groups in total. The maximum absolute atomic E-state index is 6.50. The summed E-state index contributed by atoms with van der Waals surface area (Å²) in [4.78, 5) is 0. The lowest BCUT2D eigenvalue weighted by molar-refractivity contribution is 0.186. The summed E-state index contributed by atoms with van der Waals surface area (Å²) in [5, 5.41) is 0.558. The molecule has 0 aliphatic heterocycles. The van der Waals surface area contributed by atoms with Crippen molar-refractivity contribution in [2.75, 3.05) is 6.61 Å². The molecule has 2 nitrogen and oxygen atoms in total. The van der Waals surface area contributed by atoms with E-state index in [9.17, 15) is 0 Å². The first-order valence-electron chi connectivity index (χ1n) is 8.66.